The molecule has 3 heterocycles. The molecule has 0 saturated heterocycles. The Kier molecular flexibility index (Phi) is 3.29. The zero-order valence-corrected chi connectivity index (χ0v) is 15.3. The molecule has 0 aliphatic carbocycles. The van der Waals surface area contributed by atoms with Crippen molar-refractivity contribution in [1.29, 1.82) is 0 Å². The van der Waals surface area contributed by atoms with Gasteiger partial charge in [-0.1, -0.05) is 18.2 Å². The number of hydrogen-bond acceptors (Lipinski definition) is 4. The number of pyridine rings is 1. The van der Waals surface area contributed by atoms with Gasteiger partial charge in [0.15, 0.2) is 5.65 Å². The zero-order chi connectivity index (χ0) is 17.1. The molecule has 0 saturated carbocycles. The second kappa shape index (κ2) is 5.15. The van der Waals surface area contributed by atoms with Crippen LogP contribution in [0.2, 0.25) is 0 Å². The highest BCUT2D eigenvalue weighted by Gasteiger charge is 2.23. The first-order chi connectivity index (χ1) is 11.4. The van der Waals surface area contributed by atoms with E-state index in [1.54, 1.807) is 43.3 Å². The van der Waals surface area contributed by atoms with E-state index in [-0.39, 0.29) is 4.90 Å². The van der Waals surface area contributed by atoms with Crippen molar-refractivity contribution in [3.05, 3.63) is 58.5 Å². The summed E-state index contributed by atoms with van der Waals surface area (Å²) >= 11 is 3.47. The van der Waals surface area contributed by atoms with Crippen molar-refractivity contribution in [2.24, 2.45) is 0 Å². The second-order valence-electron chi connectivity index (χ2n) is 5.54. The molecule has 0 fully saturated rings. The molecule has 3 aromatic heterocycles. The van der Waals surface area contributed by atoms with Gasteiger partial charge in [0.25, 0.3) is 10.0 Å². The SMILES string of the molecule is Cc1cc2c(cc(Br)c3nnc(C)n32)n1S(=O)(=O)c1ccccc1. The van der Waals surface area contributed by atoms with Crippen LogP contribution in [0.3, 0.4) is 0 Å². The maximum atomic E-state index is 13.1. The predicted molar refractivity (Wildman–Crippen MR) is 94.7 cm³/mol. The van der Waals surface area contributed by atoms with E-state index in [1.807, 2.05) is 17.4 Å². The maximum Gasteiger partial charge on any atom is 0.268 e. The molecule has 4 rings (SSSR count). The van der Waals surface area contributed by atoms with E-state index in [0.29, 0.717) is 27.2 Å². The van der Waals surface area contributed by atoms with E-state index < -0.39 is 10.0 Å². The molecule has 0 spiro atoms. The summed E-state index contributed by atoms with van der Waals surface area (Å²) in [6.45, 7) is 3.62. The molecule has 4 aromatic rings. The Morgan fingerprint density at radius 1 is 1.00 bits per heavy atom. The summed E-state index contributed by atoms with van der Waals surface area (Å²) in [5, 5.41) is 8.22. The molecule has 0 N–H and O–H groups in total. The number of rotatable bonds is 2. The van der Waals surface area contributed by atoms with Crippen LogP contribution in [0.25, 0.3) is 16.7 Å². The van der Waals surface area contributed by atoms with Gasteiger partial charge in [-0.3, -0.25) is 4.40 Å². The fourth-order valence-corrected chi connectivity index (χ4v) is 4.97. The molecule has 0 amide bonds. The van der Waals surface area contributed by atoms with Gasteiger partial charge in [-0.15, -0.1) is 10.2 Å². The number of hydrogen-bond donors (Lipinski definition) is 0. The fraction of sp³-hybridized carbons (Fsp3) is 0.125. The fourth-order valence-electron chi connectivity index (χ4n) is 2.94. The van der Waals surface area contributed by atoms with Crippen molar-refractivity contribution >= 4 is 42.6 Å². The van der Waals surface area contributed by atoms with E-state index in [4.69, 9.17) is 0 Å². The zero-order valence-electron chi connectivity index (χ0n) is 12.9. The quantitative estimate of drug-likeness (QED) is 0.513. The summed E-state index contributed by atoms with van der Waals surface area (Å²) in [5.41, 5.74) is 2.63. The summed E-state index contributed by atoms with van der Waals surface area (Å²) < 4.78 is 30.1. The molecule has 6 nitrogen and oxygen atoms in total. The highest BCUT2D eigenvalue weighted by atomic mass is 79.9. The van der Waals surface area contributed by atoms with Gasteiger partial charge in [0.1, 0.15) is 5.82 Å². The van der Waals surface area contributed by atoms with Gasteiger partial charge in [0, 0.05) is 5.69 Å². The first-order valence-electron chi connectivity index (χ1n) is 7.24. The third-order valence-corrected chi connectivity index (χ3v) is 6.39. The van der Waals surface area contributed by atoms with Crippen LogP contribution >= 0.6 is 15.9 Å². The van der Waals surface area contributed by atoms with Crippen LogP contribution in [-0.4, -0.2) is 27.0 Å². The third kappa shape index (κ3) is 2.03. The first kappa shape index (κ1) is 15.3. The average molecular weight is 405 g/mol. The third-order valence-electron chi connectivity index (χ3n) is 3.97. The Morgan fingerprint density at radius 2 is 1.71 bits per heavy atom. The minimum Gasteiger partial charge on any atom is -0.277 e. The maximum absolute atomic E-state index is 13.1. The van der Waals surface area contributed by atoms with Crippen LogP contribution in [0.4, 0.5) is 0 Å². The number of aryl methyl sites for hydroxylation is 2. The molecule has 0 atom stereocenters. The number of halogens is 1. The van der Waals surface area contributed by atoms with Crippen LogP contribution in [0.15, 0.2) is 51.8 Å². The van der Waals surface area contributed by atoms with Gasteiger partial charge >= 0.3 is 0 Å². The van der Waals surface area contributed by atoms with Gasteiger partial charge in [-0.2, -0.15) is 0 Å². The predicted octanol–water partition coefficient (Wildman–Crippen LogP) is 3.30. The number of aromatic nitrogens is 4. The molecule has 0 aliphatic heterocycles. The lowest BCUT2D eigenvalue weighted by molar-refractivity contribution is 0.588. The van der Waals surface area contributed by atoms with Crippen molar-refractivity contribution in [2.75, 3.05) is 0 Å². The minimum absolute atomic E-state index is 0.252. The van der Waals surface area contributed by atoms with E-state index in [0.717, 1.165) is 5.52 Å². The van der Waals surface area contributed by atoms with E-state index >= 15 is 0 Å². The molecule has 0 aliphatic rings. The standard InChI is InChI=1S/C16H13BrN4O2S/c1-10-8-14-15(9-13(17)16-19-18-11(2)20(14)16)21(10)24(22,23)12-6-4-3-5-7-12/h3-9H,1-2H3. The second-order valence-corrected chi connectivity index (χ2v) is 8.18. The molecular weight excluding hydrogens is 392 g/mol. The molecular formula is C16H13BrN4O2S. The lowest BCUT2D eigenvalue weighted by Crippen LogP contribution is -2.14. The van der Waals surface area contributed by atoms with Crippen LogP contribution < -0.4 is 0 Å². The first-order valence-corrected chi connectivity index (χ1v) is 9.47. The summed E-state index contributed by atoms with van der Waals surface area (Å²) in [4.78, 5) is 0.252. The number of benzene rings is 1. The topological polar surface area (TPSA) is 69.3 Å². The number of fused-ring (bicyclic) bond motifs is 3. The Hall–Kier alpha value is -2.19. The lowest BCUT2D eigenvalue weighted by Gasteiger charge is -2.10. The summed E-state index contributed by atoms with van der Waals surface area (Å²) in [6.07, 6.45) is 0. The van der Waals surface area contributed by atoms with Crippen molar-refractivity contribution in [3.8, 4) is 0 Å². The molecule has 0 bridgehead atoms. The number of nitrogens with zero attached hydrogens (tertiary/aromatic N) is 4. The summed E-state index contributed by atoms with van der Waals surface area (Å²) in [6, 6.07) is 12.0. The highest BCUT2D eigenvalue weighted by Crippen LogP contribution is 2.30. The Balaban J connectivity index is 2.15. The van der Waals surface area contributed by atoms with Crippen LogP contribution in [0.5, 0.6) is 0 Å². The smallest absolute Gasteiger partial charge is 0.268 e. The molecule has 122 valence electrons. The average Bonchev–Trinajstić information content (AvgIpc) is 3.09. The Bertz CT molecular complexity index is 1190. The molecule has 1 aromatic carbocycles. The van der Waals surface area contributed by atoms with Gasteiger partial charge < -0.3 is 0 Å². The minimum atomic E-state index is -3.69. The molecule has 8 heteroatoms. The largest absolute Gasteiger partial charge is 0.277 e. The van der Waals surface area contributed by atoms with Crippen molar-refractivity contribution in [3.63, 3.8) is 0 Å². The van der Waals surface area contributed by atoms with E-state index in [9.17, 15) is 8.42 Å². The van der Waals surface area contributed by atoms with Gasteiger partial charge in [0.05, 0.1) is 20.4 Å². The Labute approximate surface area is 146 Å². The van der Waals surface area contributed by atoms with Gasteiger partial charge in [-0.25, -0.2) is 12.4 Å². The summed E-state index contributed by atoms with van der Waals surface area (Å²) in [5.74, 6) is 0.700. The normalized spacial score (nSPS) is 12.3. The van der Waals surface area contributed by atoms with Crippen LogP contribution in [0.1, 0.15) is 11.5 Å². The van der Waals surface area contributed by atoms with Crippen molar-refractivity contribution in [1.82, 2.24) is 18.6 Å². The van der Waals surface area contributed by atoms with Crippen molar-refractivity contribution in [2.45, 2.75) is 18.7 Å². The molecule has 0 unspecified atom stereocenters. The van der Waals surface area contributed by atoms with Gasteiger partial charge in [-0.05, 0) is 54.0 Å². The molecule has 24 heavy (non-hydrogen) atoms. The Morgan fingerprint density at radius 3 is 2.42 bits per heavy atom. The van der Waals surface area contributed by atoms with Crippen LogP contribution in [0, 0.1) is 13.8 Å². The highest BCUT2D eigenvalue weighted by molar-refractivity contribution is 9.10. The lowest BCUT2D eigenvalue weighted by atomic mass is 10.3. The monoisotopic (exact) mass is 404 g/mol. The summed E-state index contributed by atoms with van der Waals surface area (Å²) in [7, 11) is -3.69. The van der Waals surface area contributed by atoms with Crippen molar-refractivity contribution < 1.29 is 8.42 Å². The van der Waals surface area contributed by atoms with Crippen LogP contribution in [-0.2, 0) is 10.0 Å². The van der Waals surface area contributed by atoms with E-state index in [1.165, 1.54) is 3.97 Å². The molecule has 0 radical (unpaired) electrons. The van der Waals surface area contributed by atoms with E-state index in [2.05, 4.69) is 26.1 Å². The van der Waals surface area contributed by atoms with Gasteiger partial charge in [0.2, 0.25) is 0 Å².